The molecular formula is C13H11Cl2NO2S2. The van der Waals surface area contributed by atoms with E-state index in [1.54, 1.807) is 12.1 Å². The van der Waals surface area contributed by atoms with Gasteiger partial charge in [-0.1, -0.05) is 23.2 Å². The van der Waals surface area contributed by atoms with Gasteiger partial charge in [-0.15, -0.1) is 23.1 Å². The molecule has 1 aromatic carbocycles. The van der Waals surface area contributed by atoms with Crippen LogP contribution in [0.15, 0.2) is 28.6 Å². The quantitative estimate of drug-likeness (QED) is 0.576. The lowest BCUT2D eigenvalue weighted by molar-refractivity contribution is -0.140. The van der Waals surface area contributed by atoms with Gasteiger partial charge in [0.05, 0.1) is 18.6 Å². The Morgan fingerprint density at radius 3 is 2.95 bits per heavy atom. The third-order valence-electron chi connectivity index (χ3n) is 2.43. The number of aromatic nitrogens is 1. The number of hydrogen-bond acceptors (Lipinski definition) is 5. The summed E-state index contributed by atoms with van der Waals surface area (Å²) >= 11 is 15.1. The number of halogens is 2. The fraction of sp³-hybridized carbons (Fsp3) is 0.231. The van der Waals surface area contributed by atoms with Crippen LogP contribution in [0.1, 0.15) is 6.42 Å². The summed E-state index contributed by atoms with van der Waals surface area (Å²) in [6.45, 7) is 0. The molecule has 0 amide bonds. The zero-order valence-corrected chi connectivity index (χ0v) is 13.7. The summed E-state index contributed by atoms with van der Waals surface area (Å²) in [5.74, 6) is 0.429. The van der Waals surface area contributed by atoms with Crippen LogP contribution in [0, 0.1) is 0 Å². The van der Waals surface area contributed by atoms with Crippen molar-refractivity contribution in [3.05, 3.63) is 33.6 Å². The van der Waals surface area contributed by atoms with Crippen LogP contribution in [-0.2, 0) is 9.53 Å². The van der Waals surface area contributed by atoms with Crippen molar-refractivity contribution in [2.75, 3.05) is 12.9 Å². The van der Waals surface area contributed by atoms with E-state index in [9.17, 15) is 4.79 Å². The Bertz CT molecular complexity index is 616. The molecule has 0 saturated heterocycles. The maximum Gasteiger partial charge on any atom is 0.306 e. The van der Waals surface area contributed by atoms with Crippen LogP contribution < -0.4 is 0 Å². The van der Waals surface area contributed by atoms with Gasteiger partial charge in [-0.3, -0.25) is 4.79 Å². The van der Waals surface area contributed by atoms with Crippen LogP contribution in [0.4, 0.5) is 0 Å². The molecule has 1 aromatic heterocycles. The van der Waals surface area contributed by atoms with Crippen LogP contribution in [0.2, 0.25) is 10.0 Å². The van der Waals surface area contributed by atoms with Gasteiger partial charge < -0.3 is 4.74 Å². The van der Waals surface area contributed by atoms with Gasteiger partial charge in [0.15, 0.2) is 0 Å². The second kappa shape index (κ2) is 7.31. The first-order valence-electron chi connectivity index (χ1n) is 5.70. The number of hydrogen-bond donors (Lipinski definition) is 0. The van der Waals surface area contributed by atoms with Gasteiger partial charge in [-0.25, -0.2) is 4.98 Å². The molecule has 0 atom stereocenters. The van der Waals surface area contributed by atoms with E-state index in [0.29, 0.717) is 22.2 Å². The SMILES string of the molecule is COC(=O)CCSc1csc(-c2ccc(Cl)cc2Cl)n1. The summed E-state index contributed by atoms with van der Waals surface area (Å²) in [4.78, 5) is 15.5. The maximum atomic E-state index is 11.0. The maximum absolute atomic E-state index is 11.0. The summed E-state index contributed by atoms with van der Waals surface area (Å²) in [5.41, 5.74) is 0.862. The number of carbonyl (C=O) groups excluding carboxylic acids is 1. The van der Waals surface area contributed by atoms with Gasteiger partial charge in [0.25, 0.3) is 0 Å². The summed E-state index contributed by atoms with van der Waals surface area (Å²) in [5, 5.41) is 4.84. The normalized spacial score (nSPS) is 10.6. The van der Waals surface area contributed by atoms with E-state index < -0.39 is 0 Å². The van der Waals surface area contributed by atoms with Crippen molar-refractivity contribution in [2.45, 2.75) is 11.4 Å². The average molecular weight is 348 g/mol. The Morgan fingerprint density at radius 2 is 2.25 bits per heavy atom. The predicted molar refractivity (Wildman–Crippen MR) is 84.9 cm³/mol. The zero-order chi connectivity index (χ0) is 14.5. The minimum absolute atomic E-state index is 0.214. The molecule has 0 saturated carbocycles. The standard InChI is InChI=1S/C13H11Cl2NO2S2/c1-18-12(17)4-5-19-11-7-20-13(16-11)9-3-2-8(14)6-10(9)15/h2-3,6-7H,4-5H2,1H3. The Kier molecular flexibility index (Phi) is 5.72. The van der Waals surface area contributed by atoms with Crippen LogP contribution >= 0.6 is 46.3 Å². The third kappa shape index (κ3) is 4.12. The first kappa shape index (κ1) is 15.6. The number of carbonyl (C=O) groups is 1. The fourth-order valence-corrected chi connectivity index (χ4v) is 3.84. The molecule has 0 aliphatic heterocycles. The molecule has 0 radical (unpaired) electrons. The van der Waals surface area contributed by atoms with Gasteiger partial charge in [0.1, 0.15) is 10.0 Å². The van der Waals surface area contributed by atoms with Crippen LogP contribution in [0.3, 0.4) is 0 Å². The van der Waals surface area contributed by atoms with E-state index in [1.807, 2.05) is 11.4 Å². The molecule has 106 valence electrons. The smallest absolute Gasteiger partial charge is 0.306 e. The van der Waals surface area contributed by atoms with Crippen molar-refractivity contribution < 1.29 is 9.53 Å². The number of nitrogens with zero attached hydrogens (tertiary/aromatic N) is 1. The Balaban J connectivity index is 2.03. The number of rotatable bonds is 5. The predicted octanol–water partition coefficient (Wildman–Crippen LogP) is 4.77. The number of thioether (sulfide) groups is 1. The van der Waals surface area contributed by atoms with Crippen LogP contribution in [-0.4, -0.2) is 23.8 Å². The largest absolute Gasteiger partial charge is 0.469 e. The zero-order valence-electron chi connectivity index (χ0n) is 10.6. The third-order valence-corrected chi connectivity index (χ3v) is 4.91. The number of benzene rings is 1. The molecular weight excluding hydrogens is 337 g/mol. The molecule has 0 bridgehead atoms. The highest BCUT2D eigenvalue weighted by Gasteiger charge is 2.10. The van der Waals surface area contributed by atoms with Crippen molar-refractivity contribution in [1.29, 1.82) is 0 Å². The molecule has 0 N–H and O–H groups in total. The summed E-state index contributed by atoms with van der Waals surface area (Å²) < 4.78 is 4.59. The fourth-order valence-electron chi connectivity index (χ4n) is 1.45. The Morgan fingerprint density at radius 1 is 1.45 bits per heavy atom. The van der Waals surface area contributed by atoms with E-state index in [1.165, 1.54) is 30.2 Å². The summed E-state index contributed by atoms with van der Waals surface area (Å²) in [7, 11) is 1.39. The van der Waals surface area contributed by atoms with E-state index >= 15 is 0 Å². The lowest BCUT2D eigenvalue weighted by atomic mass is 10.2. The van der Waals surface area contributed by atoms with E-state index in [2.05, 4.69) is 9.72 Å². The molecule has 2 aromatic rings. The highest BCUT2D eigenvalue weighted by molar-refractivity contribution is 7.99. The minimum atomic E-state index is -0.214. The molecule has 0 aliphatic carbocycles. The highest BCUT2D eigenvalue weighted by atomic mass is 35.5. The van der Waals surface area contributed by atoms with Gasteiger partial charge >= 0.3 is 5.97 Å². The van der Waals surface area contributed by atoms with E-state index in [-0.39, 0.29) is 5.97 Å². The number of methoxy groups -OCH3 is 1. The second-order valence-electron chi connectivity index (χ2n) is 3.79. The molecule has 20 heavy (non-hydrogen) atoms. The van der Waals surface area contributed by atoms with Crippen molar-refractivity contribution in [1.82, 2.24) is 4.98 Å². The molecule has 2 rings (SSSR count). The van der Waals surface area contributed by atoms with Crippen molar-refractivity contribution in [2.24, 2.45) is 0 Å². The van der Waals surface area contributed by atoms with Crippen LogP contribution in [0.5, 0.6) is 0 Å². The average Bonchev–Trinajstić information content (AvgIpc) is 2.87. The number of ether oxygens (including phenoxy) is 1. The first-order chi connectivity index (χ1) is 9.60. The Labute approximate surface area is 135 Å². The highest BCUT2D eigenvalue weighted by Crippen LogP contribution is 2.34. The van der Waals surface area contributed by atoms with E-state index in [4.69, 9.17) is 23.2 Å². The lowest BCUT2D eigenvalue weighted by Crippen LogP contribution is -2.00. The number of thiazole rings is 1. The van der Waals surface area contributed by atoms with Crippen molar-refractivity contribution in [3.8, 4) is 10.6 Å². The molecule has 0 spiro atoms. The Hall–Kier alpha value is -0.750. The van der Waals surface area contributed by atoms with Gasteiger partial charge in [0, 0.05) is 21.7 Å². The molecule has 0 aliphatic rings. The lowest BCUT2D eigenvalue weighted by Gasteiger charge is -2.00. The molecule has 1 heterocycles. The van der Waals surface area contributed by atoms with Crippen molar-refractivity contribution >= 4 is 52.3 Å². The van der Waals surface area contributed by atoms with Gasteiger partial charge in [-0.05, 0) is 18.2 Å². The summed E-state index contributed by atoms with van der Waals surface area (Å²) in [6, 6.07) is 5.34. The molecule has 7 heteroatoms. The first-order valence-corrected chi connectivity index (χ1v) is 8.33. The topological polar surface area (TPSA) is 39.2 Å². The van der Waals surface area contributed by atoms with Gasteiger partial charge in [0.2, 0.25) is 0 Å². The molecule has 0 unspecified atom stereocenters. The monoisotopic (exact) mass is 347 g/mol. The van der Waals surface area contributed by atoms with Gasteiger partial charge in [-0.2, -0.15) is 0 Å². The van der Waals surface area contributed by atoms with Crippen LogP contribution in [0.25, 0.3) is 10.6 Å². The van der Waals surface area contributed by atoms with E-state index in [0.717, 1.165) is 15.6 Å². The molecule has 0 fully saturated rings. The summed E-state index contributed by atoms with van der Waals surface area (Å²) in [6.07, 6.45) is 0.371. The second-order valence-corrected chi connectivity index (χ2v) is 6.61. The molecule has 3 nitrogen and oxygen atoms in total. The minimum Gasteiger partial charge on any atom is -0.469 e. The number of esters is 1. The van der Waals surface area contributed by atoms with Crippen molar-refractivity contribution in [3.63, 3.8) is 0 Å².